The molecule has 1 amide bonds. The molecule has 3 heterocycles. The molecular weight excluding hydrogens is 418 g/mol. The lowest BCUT2D eigenvalue weighted by Gasteiger charge is -2.20. The lowest BCUT2D eigenvalue weighted by Crippen LogP contribution is -2.39. The number of amides is 1. The maximum absolute atomic E-state index is 12.9. The van der Waals surface area contributed by atoms with Crippen LogP contribution in [0.3, 0.4) is 0 Å². The average molecular weight is 436 g/mol. The van der Waals surface area contributed by atoms with Gasteiger partial charge in [0.1, 0.15) is 4.32 Å². The zero-order chi connectivity index (χ0) is 20.1. The molecular formula is C18H17N3O4S3. The number of benzene rings is 1. The van der Waals surface area contributed by atoms with Crippen molar-refractivity contribution in [1.82, 2.24) is 14.7 Å². The van der Waals surface area contributed by atoms with E-state index in [0.29, 0.717) is 32.6 Å². The summed E-state index contributed by atoms with van der Waals surface area (Å²) in [6, 6.07) is 8.70. The number of sulfone groups is 1. The molecule has 1 atom stereocenters. The number of para-hydroxylation sites is 1. The van der Waals surface area contributed by atoms with Gasteiger partial charge >= 0.3 is 0 Å². The topological polar surface area (TPSA) is 92.2 Å². The maximum Gasteiger partial charge on any atom is 0.278 e. The van der Waals surface area contributed by atoms with Gasteiger partial charge < -0.3 is 0 Å². The molecule has 2 fully saturated rings. The van der Waals surface area contributed by atoms with Crippen LogP contribution in [0.4, 0.5) is 0 Å². The van der Waals surface area contributed by atoms with Gasteiger partial charge in [0.15, 0.2) is 9.84 Å². The molecule has 7 nitrogen and oxygen atoms in total. The Bertz CT molecular complexity index is 1160. The van der Waals surface area contributed by atoms with Gasteiger partial charge in [0.05, 0.1) is 33.7 Å². The van der Waals surface area contributed by atoms with Gasteiger partial charge in [-0.3, -0.25) is 19.6 Å². The first-order valence-electron chi connectivity index (χ1n) is 8.61. The summed E-state index contributed by atoms with van der Waals surface area (Å²) in [6.07, 6.45) is 1.92. The summed E-state index contributed by atoms with van der Waals surface area (Å²) in [6.45, 7) is 1.76. The summed E-state index contributed by atoms with van der Waals surface area (Å²) < 4.78 is 25.3. The van der Waals surface area contributed by atoms with E-state index in [-0.39, 0.29) is 23.0 Å². The minimum atomic E-state index is -3.14. The van der Waals surface area contributed by atoms with Crippen LogP contribution in [0.25, 0.3) is 11.8 Å². The second kappa shape index (κ2) is 7.02. The number of hydrogen-bond donors (Lipinski definition) is 1. The van der Waals surface area contributed by atoms with Crippen molar-refractivity contribution in [3.63, 3.8) is 0 Å². The molecule has 2 saturated heterocycles. The number of aromatic amines is 1. The third kappa shape index (κ3) is 3.36. The fraction of sp³-hybridized carbons (Fsp3) is 0.278. The molecule has 0 saturated carbocycles. The molecule has 2 aliphatic rings. The lowest BCUT2D eigenvalue weighted by molar-refractivity contribution is -0.123. The highest BCUT2D eigenvalue weighted by atomic mass is 32.2. The van der Waals surface area contributed by atoms with Crippen LogP contribution in [-0.2, 0) is 14.6 Å². The number of nitrogens with zero attached hydrogens (tertiary/aromatic N) is 2. The van der Waals surface area contributed by atoms with Gasteiger partial charge in [-0.05, 0) is 31.6 Å². The predicted molar refractivity (Wildman–Crippen MR) is 113 cm³/mol. The summed E-state index contributed by atoms with van der Waals surface area (Å²) in [5.41, 5.74) is 1.43. The van der Waals surface area contributed by atoms with E-state index in [0.717, 1.165) is 11.8 Å². The Balaban J connectivity index is 1.67. The van der Waals surface area contributed by atoms with E-state index < -0.39 is 15.9 Å². The minimum absolute atomic E-state index is 0.0620. The Kier molecular flexibility index (Phi) is 4.80. The van der Waals surface area contributed by atoms with Crippen LogP contribution in [0, 0.1) is 6.92 Å². The third-order valence-electron chi connectivity index (χ3n) is 4.80. The molecule has 28 heavy (non-hydrogen) atoms. The number of thiocarbonyl (C=S) groups is 1. The quantitative estimate of drug-likeness (QED) is 0.585. The second-order valence-corrected chi connectivity index (χ2v) is 10.6. The molecule has 1 unspecified atom stereocenters. The van der Waals surface area contributed by atoms with Gasteiger partial charge in [-0.15, -0.1) is 0 Å². The van der Waals surface area contributed by atoms with E-state index in [1.807, 2.05) is 18.2 Å². The van der Waals surface area contributed by atoms with Crippen molar-refractivity contribution in [3.8, 4) is 5.69 Å². The molecule has 4 rings (SSSR count). The van der Waals surface area contributed by atoms with E-state index in [9.17, 15) is 18.0 Å². The van der Waals surface area contributed by atoms with Crippen LogP contribution in [0.15, 0.2) is 40.0 Å². The number of rotatable bonds is 3. The Morgan fingerprint density at radius 1 is 1.25 bits per heavy atom. The highest BCUT2D eigenvalue weighted by Gasteiger charge is 2.42. The van der Waals surface area contributed by atoms with Gasteiger partial charge in [-0.2, -0.15) is 0 Å². The summed E-state index contributed by atoms with van der Waals surface area (Å²) >= 11 is 6.41. The average Bonchev–Trinajstić information content (AvgIpc) is 3.24. The van der Waals surface area contributed by atoms with E-state index in [1.54, 1.807) is 19.1 Å². The van der Waals surface area contributed by atoms with Gasteiger partial charge in [-0.25, -0.2) is 13.1 Å². The first-order valence-corrected chi connectivity index (χ1v) is 11.7. The number of aromatic nitrogens is 2. The molecule has 146 valence electrons. The molecule has 1 aromatic carbocycles. The predicted octanol–water partition coefficient (Wildman–Crippen LogP) is 1.86. The lowest BCUT2D eigenvalue weighted by atomic mass is 10.2. The zero-order valence-corrected chi connectivity index (χ0v) is 17.4. The van der Waals surface area contributed by atoms with Crippen molar-refractivity contribution in [2.75, 3.05) is 11.5 Å². The molecule has 0 aliphatic carbocycles. The SMILES string of the molecule is Cc1[nH]n(-c2ccccc2)c(=O)c1C=C1SC(=S)N(C2CCS(=O)(=O)C2)C1=O. The van der Waals surface area contributed by atoms with Crippen LogP contribution in [-0.4, -0.2) is 50.9 Å². The highest BCUT2D eigenvalue weighted by Crippen LogP contribution is 2.36. The van der Waals surface area contributed by atoms with Crippen LogP contribution < -0.4 is 5.56 Å². The van der Waals surface area contributed by atoms with Crippen molar-refractivity contribution in [1.29, 1.82) is 0 Å². The van der Waals surface area contributed by atoms with Crippen molar-refractivity contribution in [3.05, 3.63) is 56.8 Å². The monoisotopic (exact) mass is 435 g/mol. The van der Waals surface area contributed by atoms with Crippen LogP contribution in [0.1, 0.15) is 17.7 Å². The van der Waals surface area contributed by atoms with Crippen LogP contribution in [0.5, 0.6) is 0 Å². The standard InChI is InChI=1S/C18H17N3O4S3/c1-11-14(16(22)21(19-11)12-5-3-2-4-6-12)9-15-17(23)20(18(26)27-15)13-7-8-28(24,25)10-13/h2-6,9,13,19H,7-8,10H2,1H3. The highest BCUT2D eigenvalue weighted by molar-refractivity contribution is 8.26. The summed E-state index contributed by atoms with van der Waals surface area (Å²) in [5.74, 6) is -0.355. The molecule has 10 heteroatoms. The Labute approximate surface area is 171 Å². The Hall–Kier alpha value is -2.17. The van der Waals surface area contributed by atoms with E-state index in [2.05, 4.69) is 5.10 Å². The van der Waals surface area contributed by atoms with Gasteiger partial charge in [0.25, 0.3) is 11.5 Å². The third-order valence-corrected chi connectivity index (χ3v) is 7.88. The molecule has 1 N–H and O–H groups in total. The van der Waals surface area contributed by atoms with E-state index in [1.165, 1.54) is 15.7 Å². The first-order chi connectivity index (χ1) is 13.3. The van der Waals surface area contributed by atoms with Crippen molar-refractivity contribution in [2.45, 2.75) is 19.4 Å². The molecule has 0 bridgehead atoms. The molecule has 2 aliphatic heterocycles. The van der Waals surface area contributed by atoms with Crippen LogP contribution in [0.2, 0.25) is 0 Å². The number of nitrogens with one attached hydrogen (secondary N) is 1. The Morgan fingerprint density at radius 2 is 1.96 bits per heavy atom. The largest absolute Gasteiger partial charge is 0.295 e. The van der Waals surface area contributed by atoms with Crippen LogP contribution >= 0.6 is 24.0 Å². The van der Waals surface area contributed by atoms with Crippen molar-refractivity contribution >= 4 is 50.1 Å². The summed E-state index contributed by atoms with van der Waals surface area (Å²) in [7, 11) is -3.14. The first kappa shape index (κ1) is 19.2. The van der Waals surface area contributed by atoms with Gasteiger partial charge in [0, 0.05) is 5.69 Å². The van der Waals surface area contributed by atoms with Crippen molar-refractivity contribution in [2.24, 2.45) is 0 Å². The molecule has 2 aromatic rings. The zero-order valence-electron chi connectivity index (χ0n) is 14.9. The molecule has 0 spiro atoms. The minimum Gasteiger partial charge on any atom is -0.295 e. The second-order valence-electron chi connectivity index (χ2n) is 6.74. The van der Waals surface area contributed by atoms with Crippen molar-refractivity contribution < 1.29 is 13.2 Å². The maximum atomic E-state index is 12.9. The van der Waals surface area contributed by atoms with E-state index >= 15 is 0 Å². The number of thioether (sulfide) groups is 1. The smallest absolute Gasteiger partial charge is 0.278 e. The number of aryl methyl sites for hydroxylation is 1. The fourth-order valence-electron chi connectivity index (χ4n) is 3.39. The Morgan fingerprint density at radius 3 is 2.61 bits per heavy atom. The molecule has 0 radical (unpaired) electrons. The van der Waals surface area contributed by atoms with Gasteiger partial charge in [0.2, 0.25) is 0 Å². The van der Waals surface area contributed by atoms with Gasteiger partial charge in [-0.1, -0.05) is 42.2 Å². The summed E-state index contributed by atoms with van der Waals surface area (Å²) in [5, 5.41) is 3.02. The number of carbonyl (C=O) groups is 1. The fourth-order valence-corrected chi connectivity index (χ4v) is 6.48. The number of carbonyl (C=O) groups excluding carboxylic acids is 1. The number of hydrogen-bond acceptors (Lipinski definition) is 6. The summed E-state index contributed by atoms with van der Waals surface area (Å²) in [4.78, 5) is 27.4. The molecule has 1 aromatic heterocycles. The normalized spacial score (nSPS) is 23.1. The number of H-pyrrole nitrogens is 1. The van der Waals surface area contributed by atoms with E-state index in [4.69, 9.17) is 12.2 Å².